The first-order chi connectivity index (χ1) is 6.04. The molecule has 1 nitrogen and oxygen atoms in total. The molecule has 0 aliphatic rings. The van der Waals surface area contributed by atoms with Crippen LogP contribution in [-0.4, -0.2) is 17.0 Å². The summed E-state index contributed by atoms with van der Waals surface area (Å²) < 4.78 is 0. The van der Waals surface area contributed by atoms with Crippen LogP contribution in [0.4, 0.5) is 0 Å². The molecule has 0 aromatic heterocycles. The van der Waals surface area contributed by atoms with Gasteiger partial charge in [-0.15, -0.1) is 0 Å². The van der Waals surface area contributed by atoms with Crippen molar-refractivity contribution in [2.75, 3.05) is 5.75 Å². The van der Waals surface area contributed by atoms with Gasteiger partial charge in [-0.25, -0.2) is 0 Å². The second-order valence-electron chi connectivity index (χ2n) is 4.50. The molecule has 0 radical (unpaired) electrons. The standard InChI is InChI=1S/C11H24OS/c1-4-5-6-7-8-11(2,3)10(12)9-13/h10,12-13H,4-9H2,1-3H3. The lowest BCUT2D eigenvalue weighted by Gasteiger charge is -2.29. The summed E-state index contributed by atoms with van der Waals surface area (Å²) in [7, 11) is 0. The number of unbranched alkanes of at least 4 members (excludes halogenated alkanes) is 3. The van der Waals surface area contributed by atoms with E-state index in [1.54, 1.807) is 0 Å². The van der Waals surface area contributed by atoms with Gasteiger partial charge in [-0.05, 0) is 11.8 Å². The molecule has 0 spiro atoms. The van der Waals surface area contributed by atoms with Gasteiger partial charge in [-0.2, -0.15) is 12.6 Å². The zero-order valence-corrected chi connectivity index (χ0v) is 10.1. The summed E-state index contributed by atoms with van der Waals surface area (Å²) in [4.78, 5) is 0. The largest absolute Gasteiger partial charge is 0.392 e. The molecule has 0 bridgehead atoms. The Balaban J connectivity index is 3.62. The Labute approximate surface area is 88.3 Å². The summed E-state index contributed by atoms with van der Waals surface area (Å²) in [6, 6.07) is 0. The molecule has 0 heterocycles. The van der Waals surface area contributed by atoms with E-state index >= 15 is 0 Å². The molecule has 0 aromatic rings. The Hall–Kier alpha value is 0.310. The van der Waals surface area contributed by atoms with Gasteiger partial charge >= 0.3 is 0 Å². The highest BCUT2D eigenvalue weighted by atomic mass is 32.1. The maximum atomic E-state index is 9.67. The Kier molecular flexibility index (Phi) is 6.88. The first-order valence-corrected chi connectivity index (χ1v) is 5.96. The molecule has 0 saturated heterocycles. The van der Waals surface area contributed by atoms with Gasteiger partial charge in [0.2, 0.25) is 0 Å². The van der Waals surface area contributed by atoms with Crippen molar-refractivity contribution in [2.24, 2.45) is 5.41 Å². The molecule has 13 heavy (non-hydrogen) atoms. The van der Waals surface area contributed by atoms with Crippen molar-refractivity contribution < 1.29 is 5.11 Å². The van der Waals surface area contributed by atoms with Crippen LogP contribution in [0.3, 0.4) is 0 Å². The predicted molar refractivity (Wildman–Crippen MR) is 62.4 cm³/mol. The average molecular weight is 204 g/mol. The van der Waals surface area contributed by atoms with Crippen LogP contribution in [0.15, 0.2) is 0 Å². The molecule has 0 aliphatic heterocycles. The third kappa shape index (κ3) is 5.58. The number of rotatable bonds is 7. The normalized spacial score (nSPS) is 14.5. The summed E-state index contributed by atoms with van der Waals surface area (Å²) in [5.41, 5.74) is 0.0372. The minimum atomic E-state index is -0.266. The topological polar surface area (TPSA) is 20.2 Å². The van der Waals surface area contributed by atoms with E-state index in [0.29, 0.717) is 5.75 Å². The fourth-order valence-corrected chi connectivity index (χ4v) is 1.92. The second kappa shape index (κ2) is 6.72. The van der Waals surface area contributed by atoms with Crippen molar-refractivity contribution in [1.29, 1.82) is 0 Å². The fourth-order valence-electron chi connectivity index (χ4n) is 1.42. The minimum absolute atomic E-state index is 0.0372. The zero-order valence-electron chi connectivity index (χ0n) is 9.21. The van der Waals surface area contributed by atoms with Crippen LogP contribution in [0.5, 0.6) is 0 Å². The van der Waals surface area contributed by atoms with Crippen LogP contribution in [-0.2, 0) is 0 Å². The molecule has 2 heteroatoms. The third-order valence-corrected chi connectivity index (χ3v) is 3.10. The number of aliphatic hydroxyl groups is 1. The molecule has 1 unspecified atom stereocenters. The van der Waals surface area contributed by atoms with Crippen molar-refractivity contribution in [1.82, 2.24) is 0 Å². The molecule has 1 atom stereocenters. The lowest BCUT2D eigenvalue weighted by molar-refractivity contribution is 0.0619. The molecule has 0 rings (SSSR count). The van der Waals surface area contributed by atoms with Crippen LogP contribution >= 0.6 is 12.6 Å². The highest BCUT2D eigenvalue weighted by Gasteiger charge is 2.25. The van der Waals surface area contributed by atoms with Crippen molar-refractivity contribution in [3.63, 3.8) is 0 Å². The zero-order chi connectivity index (χ0) is 10.3. The van der Waals surface area contributed by atoms with E-state index in [9.17, 15) is 5.11 Å². The summed E-state index contributed by atoms with van der Waals surface area (Å²) in [5, 5.41) is 9.67. The summed E-state index contributed by atoms with van der Waals surface area (Å²) in [6.45, 7) is 6.47. The Bertz CT molecular complexity index is 123. The lowest BCUT2D eigenvalue weighted by Crippen LogP contribution is -2.30. The van der Waals surface area contributed by atoms with Gasteiger partial charge in [0.1, 0.15) is 0 Å². The molecule has 80 valence electrons. The molecule has 0 amide bonds. The highest BCUT2D eigenvalue weighted by Crippen LogP contribution is 2.28. The molecular formula is C11H24OS. The van der Waals surface area contributed by atoms with E-state index in [0.717, 1.165) is 6.42 Å². The van der Waals surface area contributed by atoms with E-state index < -0.39 is 0 Å². The Morgan fingerprint density at radius 3 is 2.31 bits per heavy atom. The third-order valence-electron chi connectivity index (χ3n) is 2.75. The van der Waals surface area contributed by atoms with Crippen LogP contribution < -0.4 is 0 Å². The fraction of sp³-hybridized carbons (Fsp3) is 1.00. The number of thiol groups is 1. The minimum Gasteiger partial charge on any atom is -0.392 e. The van der Waals surface area contributed by atoms with Gasteiger partial charge in [0.05, 0.1) is 6.10 Å². The van der Waals surface area contributed by atoms with Crippen LogP contribution in [0.2, 0.25) is 0 Å². The van der Waals surface area contributed by atoms with Gasteiger partial charge in [-0.1, -0.05) is 46.5 Å². The first kappa shape index (κ1) is 13.3. The van der Waals surface area contributed by atoms with Crippen LogP contribution in [0.1, 0.15) is 52.9 Å². The number of hydrogen-bond acceptors (Lipinski definition) is 2. The van der Waals surface area contributed by atoms with E-state index in [1.807, 2.05) is 0 Å². The molecular weight excluding hydrogens is 180 g/mol. The highest BCUT2D eigenvalue weighted by molar-refractivity contribution is 7.80. The quantitative estimate of drug-likeness (QED) is 0.482. The summed E-state index contributed by atoms with van der Waals surface area (Å²) in [6.07, 6.45) is 5.94. The van der Waals surface area contributed by atoms with Gasteiger partial charge in [-0.3, -0.25) is 0 Å². The van der Waals surface area contributed by atoms with Crippen LogP contribution in [0, 0.1) is 5.41 Å². The van der Waals surface area contributed by atoms with Crippen molar-refractivity contribution in [3.05, 3.63) is 0 Å². The van der Waals surface area contributed by atoms with Gasteiger partial charge in [0, 0.05) is 5.75 Å². The summed E-state index contributed by atoms with van der Waals surface area (Å²) >= 11 is 4.12. The smallest absolute Gasteiger partial charge is 0.0678 e. The van der Waals surface area contributed by atoms with Crippen molar-refractivity contribution in [2.45, 2.75) is 59.0 Å². The maximum Gasteiger partial charge on any atom is 0.0678 e. The first-order valence-electron chi connectivity index (χ1n) is 5.33. The second-order valence-corrected chi connectivity index (χ2v) is 4.86. The van der Waals surface area contributed by atoms with E-state index in [4.69, 9.17) is 0 Å². The van der Waals surface area contributed by atoms with Gasteiger partial charge in [0.25, 0.3) is 0 Å². The monoisotopic (exact) mass is 204 g/mol. The maximum absolute atomic E-state index is 9.67. The molecule has 1 N–H and O–H groups in total. The summed E-state index contributed by atoms with van der Waals surface area (Å²) in [5.74, 6) is 0.570. The van der Waals surface area contributed by atoms with Crippen LogP contribution in [0.25, 0.3) is 0 Å². The molecule has 0 saturated carbocycles. The van der Waals surface area contributed by atoms with Gasteiger partial charge in [0.15, 0.2) is 0 Å². The number of aliphatic hydroxyl groups excluding tert-OH is 1. The predicted octanol–water partition coefficient (Wildman–Crippen LogP) is 3.27. The molecule has 0 fully saturated rings. The Morgan fingerprint density at radius 1 is 1.23 bits per heavy atom. The van der Waals surface area contributed by atoms with E-state index in [-0.39, 0.29) is 11.5 Å². The molecule has 0 aromatic carbocycles. The van der Waals surface area contributed by atoms with Crippen molar-refractivity contribution in [3.8, 4) is 0 Å². The molecule has 0 aliphatic carbocycles. The SMILES string of the molecule is CCCCCCC(C)(C)C(O)CS. The lowest BCUT2D eigenvalue weighted by atomic mass is 9.82. The Morgan fingerprint density at radius 2 is 1.85 bits per heavy atom. The van der Waals surface area contributed by atoms with Gasteiger partial charge < -0.3 is 5.11 Å². The number of hydrogen-bond donors (Lipinski definition) is 2. The van der Waals surface area contributed by atoms with E-state index in [2.05, 4.69) is 33.4 Å². The van der Waals surface area contributed by atoms with E-state index in [1.165, 1.54) is 25.7 Å². The average Bonchev–Trinajstić information content (AvgIpc) is 2.11. The van der Waals surface area contributed by atoms with Crippen molar-refractivity contribution >= 4 is 12.6 Å².